The third kappa shape index (κ3) is 2.46. The summed E-state index contributed by atoms with van der Waals surface area (Å²) in [6.07, 6.45) is 5.52. The summed E-state index contributed by atoms with van der Waals surface area (Å²) >= 11 is 0. The standard InChI is InChI=1S/C10H22N2/c1-8-5-3-4-6-9(2)10(8)12-7-11/h8-10,12H,3-7,11H2,1-2H3/t8-,9?,10?/m1/s1. The number of nitrogens with one attached hydrogen (secondary N) is 1. The Hall–Kier alpha value is -0.0800. The molecule has 0 spiro atoms. The highest BCUT2D eigenvalue weighted by Crippen LogP contribution is 2.27. The molecule has 0 bridgehead atoms. The second-order valence-corrected chi connectivity index (χ2v) is 4.17. The van der Waals surface area contributed by atoms with E-state index in [0.717, 1.165) is 11.8 Å². The van der Waals surface area contributed by atoms with Gasteiger partial charge >= 0.3 is 0 Å². The number of nitrogens with two attached hydrogens (primary N) is 1. The number of hydrogen-bond donors (Lipinski definition) is 2. The van der Waals surface area contributed by atoms with Gasteiger partial charge in [0.15, 0.2) is 0 Å². The van der Waals surface area contributed by atoms with Crippen molar-refractivity contribution in [3.8, 4) is 0 Å². The Morgan fingerprint density at radius 2 is 1.67 bits per heavy atom. The fourth-order valence-electron chi connectivity index (χ4n) is 2.39. The molecule has 1 aliphatic rings. The summed E-state index contributed by atoms with van der Waals surface area (Å²) in [6.45, 7) is 5.31. The lowest BCUT2D eigenvalue weighted by molar-refractivity contribution is 0.290. The summed E-state index contributed by atoms with van der Waals surface area (Å²) in [5.74, 6) is 1.59. The summed E-state index contributed by atoms with van der Waals surface area (Å²) in [7, 11) is 0. The quantitative estimate of drug-likeness (QED) is 0.489. The third-order valence-electron chi connectivity index (χ3n) is 3.15. The van der Waals surface area contributed by atoms with Gasteiger partial charge in [0.05, 0.1) is 0 Å². The molecule has 0 aromatic heterocycles. The Kier molecular flexibility index (Phi) is 4.02. The second-order valence-electron chi connectivity index (χ2n) is 4.17. The topological polar surface area (TPSA) is 38.0 Å². The maximum atomic E-state index is 5.52. The van der Waals surface area contributed by atoms with E-state index in [0.29, 0.717) is 12.7 Å². The lowest BCUT2D eigenvalue weighted by atomic mass is 9.90. The fraction of sp³-hybridized carbons (Fsp3) is 1.00. The molecule has 0 aromatic carbocycles. The minimum absolute atomic E-state index is 0.624. The molecular formula is C10H22N2. The van der Waals surface area contributed by atoms with Crippen molar-refractivity contribution in [2.45, 2.75) is 45.6 Å². The summed E-state index contributed by atoms with van der Waals surface area (Å²) in [5.41, 5.74) is 5.52. The normalized spacial score (nSPS) is 37.8. The molecule has 2 heteroatoms. The molecule has 2 unspecified atom stereocenters. The van der Waals surface area contributed by atoms with Gasteiger partial charge in [-0.15, -0.1) is 0 Å². The van der Waals surface area contributed by atoms with Crippen molar-refractivity contribution in [1.29, 1.82) is 0 Å². The Bertz CT molecular complexity index is 113. The number of hydrogen-bond acceptors (Lipinski definition) is 2. The van der Waals surface area contributed by atoms with E-state index in [-0.39, 0.29) is 0 Å². The zero-order chi connectivity index (χ0) is 8.97. The van der Waals surface area contributed by atoms with Gasteiger partial charge in [0, 0.05) is 12.7 Å². The van der Waals surface area contributed by atoms with Crippen LogP contribution in [0.15, 0.2) is 0 Å². The van der Waals surface area contributed by atoms with Crippen LogP contribution in [0.3, 0.4) is 0 Å². The van der Waals surface area contributed by atoms with Gasteiger partial charge in [-0.3, -0.25) is 0 Å². The molecule has 1 fully saturated rings. The van der Waals surface area contributed by atoms with E-state index in [4.69, 9.17) is 5.73 Å². The van der Waals surface area contributed by atoms with Gasteiger partial charge in [-0.2, -0.15) is 0 Å². The van der Waals surface area contributed by atoms with Crippen LogP contribution in [-0.4, -0.2) is 12.7 Å². The van der Waals surface area contributed by atoms with Crippen molar-refractivity contribution < 1.29 is 0 Å². The highest BCUT2D eigenvalue weighted by Gasteiger charge is 2.24. The first-order valence-electron chi connectivity index (χ1n) is 5.19. The van der Waals surface area contributed by atoms with Gasteiger partial charge in [-0.25, -0.2) is 0 Å². The smallest absolute Gasteiger partial charge is 0.0431 e. The SMILES string of the molecule is CC1CCCC[C@@H](C)C1NCN. The van der Waals surface area contributed by atoms with Crippen LogP contribution in [0.25, 0.3) is 0 Å². The summed E-state index contributed by atoms with van der Waals surface area (Å²) in [6, 6.07) is 0.650. The fourth-order valence-corrected chi connectivity index (χ4v) is 2.39. The van der Waals surface area contributed by atoms with Gasteiger partial charge in [-0.05, 0) is 24.7 Å². The van der Waals surface area contributed by atoms with Crippen molar-refractivity contribution in [2.24, 2.45) is 17.6 Å². The van der Waals surface area contributed by atoms with Gasteiger partial charge in [0.1, 0.15) is 0 Å². The molecule has 72 valence electrons. The molecule has 3 atom stereocenters. The van der Waals surface area contributed by atoms with E-state index in [1.54, 1.807) is 0 Å². The van der Waals surface area contributed by atoms with Crippen molar-refractivity contribution in [2.75, 3.05) is 6.67 Å². The maximum Gasteiger partial charge on any atom is 0.0431 e. The zero-order valence-corrected chi connectivity index (χ0v) is 8.34. The van der Waals surface area contributed by atoms with Crippen LogP contribution in [0.5, 0.6) is 0 Å². The van der Waals surface area contributed by atoms with Crippen molar-refractivity contribution in [3.63, 3.8) is 0 Å². The molecule has 1 saturated carbocycles. The molecule has 0 aliphatic heterocycles. The monoisotopic (exact) mass is 170 g/mol. The molecule has 1 rings (SSSR count). The van der Waals surface area contributed by atoms with Gasteiger partial charge in [0.25, 0.3) is 0 Å². The van der Waals surface area contributed by atoms with E-state index in [1.165, 1.54) is 25.7 Å². The lowest BCUT2D eigenvalue weighted by Gasteiger charge is -2.27. The van der Waals surface area contributed by atoms with Crippen LogP contribution < -0.4 is 11.1 Å². The molecule has 12 heavy (non-hydrogen) atoms. The molecule has 1 aliphatic carbocycles. The molecule has 0 heterocycles. The third-order valence-corrected chi connectivity index (χ3v) is 3.15. The molecule has 0 aromatic rings. The van der Waals surface area contributed by atoms with E-state index in [2.05, 4.69) is 19.2 Å². The van der Waals surface area contributed by atoms with Crippen molar-refractivity contribution in [1.82, 2.24) is 5.32 Å². The molecule has 2 nitrogen and oxygen atoms in total. The largest absolute Gasteiger partial charge is 0.318 e. The zero-order valence-electron chi connectivity index (χ0n) is 8.34. The van der Waals surface area contributed by atoms with Crippen LogP contribution in [-0.2, 0) is 0 Å². The Morgan fingerprint density at radius 3 is 2.08 bits per heavy atom. The average molecular weight is 170 g/mol. The maximum absolute atomic E-state index is 5.52. The van der Waals surface area contributed by atoms with Crippen LogP contribution >= 0.6 is 0 Å². The molecule has 0 amide bonds. The highest BCUT2D eigenvalue weighted by molar-refractivity contribution is 4.80. The molecule has 0 saturated heterocycles. The summed E-state index contributed by atoms with van der Waals surface area (Å²) < 4.78 is 0. The average Bonchev–Trinajstić information content (AvgIpc) is 2.19. The van der Waals surface area contributed by atoms with E-state index < -0.39 is 0 Å². The van der Waals surface area contributed by atoms with Crippen molar-refractivity contribution >= 4 is 0 Å². The van der Waals surface area contributed by atoms with Crippen LogP contribution in [0, 0.1) is 11.8 Å². The van der Waals surface area contributed by atoms with E-state index in [9.17, 15) is 0 Å². The molecular weight excluding hydrogens is 148 g/mol. The predicted molar refractivity (Wildman–Crippen MR) is 52.8 cm³/mol. The first-order chi connectivity index (χ1) is 5.75. The first-order valence-corrected chi connectivity index (χ1v) is 5.19. The highest BCUT2D eigenvalue weighted by atomic mass is 15.0. The summed E-state index contributed by atoms with van der Waals surface area (Å²) in [4.78, 5) is 0. The van der Waals surface area contributed by atoms with Gasteiger partial charge in [0.2, 0.25) is 0 Å². The molecule has 0 radical (unpaired) electrons. The second kappa shape index (κ2) is 4.83. The van der Waals surface area contributed by atoms with Crippen LogP contribution in [0.4, 0.5) is 0 Å². The Labute approximate surface area is 75.9 Å². The van der Waals surface area contributed by atoms with Crippen molar-refractivity contribution in [3.05, 3.63) is 0 Å². The lowest BCUT2D eigenvalue weighted by Crippen LogP contribution is -2.42. The predicted octanol–water partition coefficient (Wildman–Crippen LogP) is 1.71. The number of rotatable bonds is 2. The van der Waals surface area contributed by atoms with Crippen LogP contribution in [0.1, 0.15) is 39.5 Å². The van der Waals surface area contributed by atoms with Crippen LogP contribution in [0.2, 0.25) is 0 Å². The van der Waals surface area contributed by atoms with E-state index >= 15 is 0 Å². The Balaban J connectivity index is 2.49. The van der Waals surface area contributed by atoms with E-state index in [1.807, 2.05) is 0 Å². The first kappa shape index (κ1) is 10.0. The molecule has 3 N–H and O–H groups in total. The minimum atomic E-state index is 0.624. The van der Waals surface area contributed by atoms with Gasteiger partial charge < -0.3 is 11.1 Å². The Morgan fingerprint density at radius 1 is 1.17 bits per heavy atom. The van der Waals surface area contributed by atoms with Gasteiger partial charge in [-0.1, -0.05) is 26.7 Å². The summed E-state index contributed by atoms with van der Waals surface area (Å²) in [5, 5.41) is 3.40. The minimum Gasteiger partial charge on any atom is -0.318 e.